The van der Waals surface area contributed by atoms with Crippen molar-refractivity contribution in [2.45, 2.75) is 18.9 Å². The molecule has 1 amide bonds. The minimum Gasteiger partial charge on any atom is -0.507 e. The fourth-order valence-electron chi connectivity index (χ4n) is 4.69. The second kappa shape index (κ2) is 8.67. The minimum absolute atomic E-state index is 0.110. The van der Waals surface area contributed by atoms with Gasteiger partial charge in [-0.2, -0.15) is 0 Å². The first kappa shape index (κ1) is 20.6. The van der Waals surface area contributed by atoms with Crippen molar-refractivity contribution in [3.05, 3.63) is 65.2 Å². The zero-order chi connectivity index (χ0) is 22.1. The molecule has 2 fully saturated rings. The van der Waals surface area contributed by atoms with Gasteiger partial charge in [0.1, 0.15) is 19.0 Å². The van der Waals surface area contributed by atoms with Gasteiger partial charge in [0.2, 0.25) is 0 Å². The van der Waals surface area contributed by atoms with E-state index in [1.807, 2.05) is 30.3 Å². The zero-order valence-electron chi connectivity index (χ0n) is 17.8. The fraction of sp³-hybridized carbons (Fsp3) is 0.360. The second-order valence-corrected chi connectivity index (χ2v) is 8.31. The summed E-state index contributed by atoms with van der Waals surface area (Å²) in [5.41, 5.74) is 1.33. The lowest BCUT2D eigenvalue weighted by Gasteiger charge is -2.27. The number of amides is 1. The van der Waals surface area contributed by atoms with Crippen molar-refractivity contribution in [3.63, 3.8) is 0 Å². The van der Waals surface area contributed by atoms with Crippen molar-refractivity contribution in [2.24, 2.45) is 0 Å². The molecule has 0 radical (unpaired) electrons. The van der Waals surface area contributed by atoms with E-state index in [9.17, 15) is 14.7 Å². The quantitative estimate of drug-likeness (QED) is 0.443. The summed E-state index contributed by atoms with van der Waals surface area (Å²) < 4.78 is 11.2. The number of fused-ring (bicyclic) bond motifs is 1. The summed E-state index contributed by atoms with van der Waals surface area (Å²) in [5.74, 6) is -0.319. The molecule has 0 aliphatic carbocycles. The van der Waals surface area contributed by atoms with Crippen LogP contribution in [-0.2, 0) is 9.59 Å². The molecule has 0 aromatic heterocycles. The van der Waals surface area contributed by atoms with Crippen LogP contribution in [0.3, 0.4) is 0 Å². The summed E-state index contributed by atoms with van der Waals surface area (Å²) in [5, 5.41) is 11.2. The number of aliphatic hydroxyl groups is 1. The van der Waals surface area contributed by atoms with Crippen molar-refractivity contribution >= 4 is 17.4 Å². The molecular formula is C25H26N2O5. The van der Waals surface area contributed by atoms with Crippen molar-refractivity contribution in [1.29, 1.82) is 0 Å². The molecule has 2 aromatic carbocycles. The van der Waals surface area contributed by atoms with E-state index in [0.717, 1.165) is 31.5 Å². The Morgan fingerprint density at radius 1 is 0.938 bits per heavy atom. The molecule has 1 atom stereocenters. The average molecular weight is 434 g/mol. The summed E-state index contributed by atoms with van der Waals surface area (Å²) >= 11 is 0. The molecule has 32 heavy (non-hydrogen) atoms. The predicted molar refractivity (Wildman–Crippen MR) is 119 cm³/mol. The van der Waals surface area contributed by atoms with Gasteiger partial charge in [0.05, 0.1) is 11.6 Å². The number of carbonyl (C=O) groups is 2. The highest BCUT2D eigenvalue weighted by Crippen LogP contribution is 2.41. The van der Waals surface area contributed by atoms with Gasteiger partial charge in [-0.15, -0.1) is 0 Å². The summed E-state index contributed by atoms with van der Waals surface area (Å²) in [4.78, 5) is 30.1. The summed E-state index contributed by atoms with van der Waals surface area (Å²) in [6.45, 7) is 4.05. The largest absolute Gasteiger partial charge is 0.507 e. The highest BCUT2D eigenvalue weighted by Gasteiger charge is 2.46. The second-order valence-electron chi connectivity index (χ2n) is 8.31. The van der Waals surface area contributed by atoms with Crippen molar-refractivity contribution in [2.75, 3.05) is 39.4 Å². The molecule has 5 rings (SSSR count). The Balaban J connectivity index is 1.54. The Morgan fingerprint density at radius 3 is 2.41 bits per heavy atom. The van der Waals surface area contributed by atoms with Gasteiger partial charge < -0.3 is 24.4 Å². The number of Topliss-reactive ketones (excluding diaryl/α,β-unsaturated/α-hetero) is 1. The number of rotatable bonds is 5. The number of carbonyl (C=O) groups excluding carboxylic acids is 2. The van der Waals surface area contributed by atoms with Gasteiger partial charge in [0.15, 0.2) is 11.5 Å². The van der Waals surface area contributed by atoms with E-state index in [4.69, 9.17) is 9.47 Å². The van der Waals surface area contributed by atoms with Gasteiger partial charge in [0.25, 0.3) is 11.7 Å². The lowest BCUT2D eigenvalue weighted by Crippen LogP contribution is -2.37. The molecule has 0 bridgehead atoms. The SMILES string of the molecule is O=C1C(=O)N(CCN2CCCC2)C(c2ccccc2)/C1=C(\O)c1ccc2c(c1)OCCO2. The molecule has 0 saturated carbocycles. The van der Waals surface area contributed by atoms with Crippen molar-refractivity contribution in [3.8, 4) is 11.5 Å². The maximum absolute atomic E-state index is 13.1. The molecule has 2 aromatic rings. The third kappa shape index (κ3) is 3.73. The van der Waals surface area contributed by atoms with Crippen LogP contribution in [0, 0.1) is 0 Å². The monoisotopic (exact) mass is 434 g/mol. The summed E-state index contributed by atoms with van der Waals surface area (Å²) in [6, 6.07) is 13.8. The first-order chi connectivity index (χ1) is 15.6. The van der Waals surface area contributed by atoms with Gasteiger partial charge in [-0.1, -0.05) is 30.3 Å². The van der Waals surface area contributed by atoms with E-state index in [0.29, 0.717) is 43.4 Å². The van der Waals surface area contributed by atoms with Gasteiger partial charge in [-0.3, -0.25) is 9.59 Å². The van der Waals surface area contributed by atoms with E-state index >= 15 is 0 Å². The summed E-state index contributed by atoms with van der Waals surface area (Å²) in [7, 11) is 0. The number of nitrogens with zero attached hydrogens (tertiary/aromatic N) is 2. The van der Waals surface area contributed by atoms with Gasteiger partial charge in [-0.25, -0.2) is 0 Å². The molecule has 3 heterocycles. The standard InChI is InChI=1S/C25H26N2O5/c28-23(18-8-9-19-20(16-18)32-15-14-31-19)21-22(17-6-2-1-3-7-17)27(25(30)24(21)29)13-12-26-10-4-5-11-26/h1-3,6-9,16,22,28H,4-5,10-15H2/b23-21+. The highest BCUT2D eigenvalue weighted by molar-refractivity contribution is 6.46. The number of likely N-dealkylation sites (tertiary alicyclic amines) is 2. The van der Waals surface area contributed by atoms with Gasteiger partial charge in [0, 0.05) is 18.7 Å². The molecule has 7 nitrogen and oxygen atoms in total. The Bertz CT molecular complexity index is 1060. The lowest BCUT2D eigenvalue weighted by molar-refractivity contribution is -0.140. The Labute approximate surface area is 186 Å². The van der Waals surface area contributed by atoms with Crippen LogP contribution in [0.2, 0.25) is 0 Å². The molecule has 3 aliphatic heterocycles. The number of aliphatic hydroxyl groups excluding tert-OH is 1. The van der Waals surface area contributed by atoms with Crippen LogP contribution in [0.25, 0.3) is 5.76 Å². The average Bonchev–Trinajstić information content (AvgIpc) is 3.44. The Hall–Kier alpha value is -3.32. The maximum Gasteiger partial charge on any atom is 0.295 e. The molecule has 0 spiro atoms. The Kier molecular flexibility index (Phi) is 5.57. The molecule has 166 valence electrons. The zero-order valence-corrected chi connectivity index (χ0v) is 17.8. The highest BCUT2D eigenvalue weighted by atomic mass is 16.6. The molecule has 7 heteroatoms. The molecule has 2 saturated heterocycles. The lowest BCUT2D eigenvalue weighted by atomic mass is 9.95. The third-order valence-corrected chi connectivity index (χ3v) is 6.33. The van der Waals surface area contributed by atoms with Crippen LogP contribution in [0.1, 0.15) is 30.0 Å². The van der Waals surface area contributed by atoms with Crippen LogP contribution in [-0.4, -0.2) is 66.0 Å². The van der Waals surface area contributed by atoms with E-state index in [2.05, 4.69) is 4.90 Å². The van der Waals surface area contributed by atoms with Gasteiger partial charge >= 0.3 is 0 Å². The van der Waals surface area contributed by atoms with E-state index in [-0.39, 0.29) is 11.3 Å². The summed E-state index contributed by atoms with van der Waals surface area (Å²) in [6.07, 6.45) is 2.32. The van der Waals surface area contributed by atoms with E-state index < -0.39 is 17.7 Å². The van der Waals surface area contributed by atoms with Crippen LogP contribution >= 0.6 is 0 Å². The Morgan fingerprint density at radius 2 is 1.66 bits per heavy atom. The minimum atomic E-state index is -0.660. The van der Waals surface area contributed by atoms with E-state index in [1.165, 1.54) is 0 Å². The van der Waals surface area contributed by atoms with Crippen LogP contribution < -0.4 is 9.47 Å². The van der Waals surface area contributed by atoms with Crippen LogP contribution in [0.15, 0.2) is 54.1 Å². The molecule has 1 unspecified atom stereocenters. The maximum atomic E-state index is 13.1. The fourth-order valence-corrected chi connectivity index (χ4v) is 4.69. The first-order valence-corrected chi connectivity index (χ1v) is 11.1. The predicted octanol–water partition coefficient (Wildman–Crippen LogP) is 2.98. The number of hydrogen-bond donors (Lipinski definition) is 1. The molecule has 3 aliphatic rings. The number of ketones is 1. The topological polar surface area (TPSA) is 79.3 Å². The molecular weight excluding hydrogens is 408 g/mol. The van der Waals surface area contributed by atoms with Gasteiger partial charge in [-0.05, 0) is 49.7 Å². The van der Waals surface area contributed by atoms with Crippen molar-refractivity contribution < 1.29 is 24.2 Å². The van der Waals surface area contributed by atoms with E-state index in [1.54, 1.807) is 23.1 Å². The third-order valence-electron chi connectivity index (χ3n) is 6.33. The molecule has 1 N–H and O–H groups in total. The smallest absolute Gasteiger partial charge is 0.295 e. The number of ether oxygens (including phenoxy) is 2. The number of benzene rings is 2. The normalized spacial score (nSPS) is 22.5. The first-order valence-electron chi connectivity index (χ1n) is 11.1. The number of hydrogen-bond acceptors (Lipinski definition) is 6. The van der Waals surface area contributed by atoms with Crippen LogP contribution in [0.5, 0.6) is 11.5 Å². The van der Waals surface area contributed by atoms with Crippen molar-refractivity contribution in [1.82, 2.24) is 9.80 Å². The van der Waals surface area contributed by atoms with Crippen LogP contribution in [0.4, 0.5) is 0 Å².